The average Bonchev–Trinajstić information content (AvgIpc) is 2.57. The lowest BCUT2D eigenvalue weighted by Gasteiger charge is -2.32. The molecule has 0 aromatic carbocycles. The molecular weight excluding hydrogens is 261 g/mol. The Morgan fingerprint density at radius 3 is 2.35 bits per heavy atom. The second-order valence-corrected chi connectivity index (χ2v) is 5.71. The number of carbonyl (C=O) groups excluding carboxylic acids is 1. The van der Waals surface area contributed by atoms with Crippen molar-refractivity contribution < 1.29 is 23.9 Å². The van der Waals surface area contributed by atoms with E-state index in [1.54, 1.807) is 0 Å². The van der Waals surface area contributed by atoms with Crippen molar-refractivity contribution in [2.75, 3.05) is 7.11 Å². The summed E-state index contributed by atoms with van der Waals surface area (Å²) in [6.07, 6.45) is 1.24. The minimum absolute atomic E-state index is 0.120. The molecule has 0 saturated carbocycles. The van der Waals surface area contributed by atoms with Crippen LogP contribution < -0.4 is 5.59 Å². The molecule has 6 nitrogen and oxygen atoms in total. The topological polar surface area (TPSA) is 77.9 Å². The molecule has 0 atom stereocenters. The molecule has 1 aliphatic heterocycles. The van der Waals surface area contributed by atoms with Crippen LogP contribution in [0.4, 0.5) is 0 Å². The number of nitrogens with zero attached hydrogens (tertiary/aromatic N) is 1. The number of esters is 1. The van der Waals surface area contributed by atoms with Crippen LogP contribution >= 0.6 is 0 Å². The van der Waals surface area contributed by atoms with E-state index in [-0.39, 0.29) is 11.3 Å². The highest BCUT2D eigenvalue weighted by Crippen LogP contribution is 2.36. The van der Waals surface area contributed by atoms with Crippen LogP contribution in [0.15, 0.2) is 12.3 Å². The maximum absolute atomic E-state index is 11.8. The van der Waals surface area contributed by atoms with Crippen molar-refractivity contribution in [2.45, 2.75) is 38.9 Å². The highest BCUT2D eigenvalue weighted by molar-refractivity contribution is 6.62. The molecule has 2 heterocycles. The van der Waals surface area contributed by atoms with E-state index in [9.17, 15) is 9.90 Å². The lowest BCUT2D eigenvalue weighted by atomic mass is 9.81. The van der Waals surface area contributed by atoms with Crippen LogP contribution in [0.3, 0.4) is 0 Å². The zero-order valence-corrected chi connectivity index (χ0v) is 12.3. The molecule has 1 saturated heterocycles. The van der Waals surface area contributed by atoms with Crippen molar-refractivity contribution in [1.29, 1.82) is 0 Å². The SMILES string of the molecule is COC(=O)c1cc(O)cnc1B1OC(C)(C)C(C)(C)O1. The molecule has 0 unspecified atom stereocenters. The summed E-state index contributed by atoms with van der Waals surface area (Å²) in [5, 5.41) is 9.48. The molecule has 0 bridgehead atoms. The molecule has 1 aromatic rings. The van der Waals surface area contributed by atoms with Gasteiger partial charge in [0.2, 0.25) is 0 Å². The minimum Gasteiger partial charge on any atom is -0.506 e. The first-order valence-electron chi connectivity index (χ1n) is 6.31. The number of hydrogen-bond acceptors (Lipinski definition) is 6. The Morgan fingerprint density at radius 1 is 1.30 bits per heavy atom. The summed E-state index contributed by atoms with van der Waals surface area (Å²) in [6.45, 7) is 7.63. The molecule has 7 heteroatoms. The van der Waals surface area contributed by atoms with Crippen molar-refractivity contribution >= 4 is 18.7 Å². The predicted octanol–water partition coefficient (Wildman–Crippen LogP) is 0.873. The highest BCUT2D eigenvalue weighted by Gasteiger charge is 2.53. The van der Waals surface area contributed by atoms with Crippen molar-refractivity contribution in [1.82, 2.24) is 4.98 Å². The zero-order valence-electron chi connectivity index (χ0n) is 12.3. The summed E-state index contributed by atoms with van der Waals surface area (Å²) in [5.74, 6) is -0.719. The first-order chi connectivity index (χ1) is 9.18. The smallest absolute Gasteiger partial charge is 0.506 e. The molecule has 2 rings (SSSR count). The monoisotopic (exact) mass is 279 g/mol. The van der Waals surface area contributed by atoms with E-state index in [1.807, 2.05) is 27.7 Å². The second kappa shape index (κ2) is 4.75. The molecule has 0 spiro atoms. The molecule has 108 valence electrons. The van der Waals surface area contributed by atoms with Crippen LogP contribution in [0.2, 0.25) is 0 Å². The lowest BCUT2D eigenvalue weighted by molar-refractivity contribution is 0.00578. The van der Waals surface area contributed by atoms with Gasteiger partial charge >= 0.3 is 13.1 Å². The van der Waals surface area contributed by atoms with Gasteiger partial charge in [-0.15, -0.1) is 0 Å². The van der Waals surface area contributed by atoms with Gasteiger partial charge in [-0.2, -0.15) is 0 Å². The summed E-state index contributed by atoms with van der Waals surface area (Å²) in [5.41, 5.74) is -0.644. The summed E-state index contributed by atoms with van der Waals surface area (Å²) < 4.78 is 16.4. The van der Waals surface area contributed by atoms with Gasteiger partial charge in [0.05, 0.1) is 35.7 Å². The van der Waals surface area contributed by atoms with E-state index in [0.717, 1.165) is 0 Å². The highest BCUT2D eigenvalue weighted by atomic mass is 16.7. The number of hydrogen-bond donors (Lipinski definition) is 1. The zero-order chi connectivity index (χ0) is 15.1. The van der Waals surface area contributed by atoms with E-state index in [4.69, 9.17) is 14.0 Å². The molecule has 1 aromatic heterocycles. The Hall–Kier alpha value is -1.60. The van der Waals surface area contributed by atoms with Gasteiger partial charge in [-0.25, -0.2) is 4.79 Å². The predicted molar refractivity (Wildman–Crippen MR) is 73.0 cm³/mol. The molecule has 1 N–H and O–H groups in total. The van der Waals surface area contributed by atoms with E-state index in [2.05, 4.69) is 4.98 Å². The molecule has 1 fully saturated rings. The van der Waals surface area contributed by atoms with Gasteiger partial charge in [-0.05, 0) is 33.8 Å². The van der Waals surface area contributed by atoms with Crippen LogP contribution in [-0.4, -0.2) is 41.5 Å². The fourth-order valence-corrected chi connectivity index (χ4v) is 1.88. The molecule has 0 amide bonds. The van der Waals surface area contributed by atoms with E-state index in [1.165, 1.54) is 19.4 Å². The molecule has 20 heavy (non-hydrogen) atoms. The van der Waals surface area contributed by atoms with Gasteiger partial charge < -0.3 is 19.2 Å². The van der Waals surface area contributed by atoms with Gasteiger partial charge in [0.1, 0.15) is 5.75 Å². The van der Waals surface area contributed by atoms with Crippen LogP contribution in [0.5, 0.6) is 5.75 Å². The Balaban J connectivity index is 2.42. The van der Waals surface area contributed by atoms with Gasteiger partial charge in [0.25, 0.3) is 0 Å². The second-order valence-electron chi connectivity index (χ2n) is 5.71. The minimum atomic E-state index is -0.783. The lowest BCUT2D eigenvalue weighted by Crippen LogP contribution is -2.41. The summed E-state index contributed by atoms with van der Waals surface area (Å²) in [4.78, 5) is 15.8. The summed E-state index contributed by atoms with van der Waals surface area (Å²) >= 11 is 0. The maximum Gasteiger partial charge on any atom is 0.515 e. The van der Waals surface area contributed by atoms with Gasteiger partial charge in [-0.3, -0.25) is 4.98 Å². The Morgan fingerprint density at radius 2 is 1.85 bits per heavy atom. The first-order valence-corrected chi connectivity index (χ1v) is 6.31. The standard InChI is InChI=1S/C13H18BNO5/c1-12(2)13(3,4)20-14(19-12)10-9(11(17)18-5)6-8(16)7-15-10/h6-7,16H,1-5H3. The van der Waals surface area contributed by atoms with Crippen molar-refractivity contribution in [3.05, 3.63) is 17.8 Å². The average molecular weight is 279 g/mol. The quantitative estimate of drug-likeness (QED) is 0.639. The number of methoxy groups -OCH3 is 1. The van der Waals surface area contributed by atoms with Crippen molar-refractivity contribution in [3.63, 3.8) is 0 Å². The Kier molecular flexibility index (Phi) is 3.52. The fraction of sp³-hybridized carbons (Fsp3) is 0.538. The van der Waals surface area contributed by atoms with Crippen molar-refractivity contribution in [3.8, 4) is 5.75 Å². The van der Waals surface area contributed by atoms with Gasteiger partial charge in [0, 0.05) is 0 Å². The summed E-state index contributed by atoms with van der Waals surface area (Å²) in [6, 6.07) is 1.29. The normalized spacial score (nSPS) is 19.9. The molecule has 0 aliphatic carbocycles. The number of ether oxygens (including phenoxy) is 1. The number of pyridine rings is 1. The first kappa shape index (κ1) is 14.8. The Bertz CT molecular complexity index is 528. The largest absolute Gasteiger partial charge is 0.515 e. The third-order valence-corrected chi connectivity index (χ3v) is 3.79. The number of rotatable bonds is 2. The number of aromatic hydroxyl groups is 1. The number of carbonyl (C=O) groups is 1. The van der Waals surface area contributed by atoms with Crippen LogP contribution in [0.25, 0.3) is 0 Å². The van der Waals surface area contributed by atoms with E-state index >= 15 is 0 Å². The molecular formula is C13H18BNO5. The van der Waals surface area contributed by atoms with Gasteiger partial charge in [-0.1, -0.05) is 0 Å². The van der Waals surface area contributed by atoms with Crippen LogP contribution in [-0.2, 0) is 14.0 Å². The van der Waals surface area contributed by atoms with Crippen LogP contribution in [0, 0.1) is 0 Å². The third-order valence-electron chi connectivity index (χ3n) is 3.79. The summed E-state index contributed by atoms with van der Waals surface area (Å²) in [7, 11) is 0.482. The molecule has 0 radical (unpaired) electrons. The molecule has 1 aliphatic rings. The van der Waals surface area contributed by atoms with E-state index < -0.39 is 24.3 Å². The Labute approximate surface area is 118 Å². The van der Waals surface area contributed by atoms with E-state index in [0.29, 0.717) is 5.59 Å². The van der Waals surface area contributed by atoms with Crippen molar-refractivity contribution in [2.24, 2.45) is 0 Å². The maximum atomic E-state index is 11.8. The van der Waals surface area contributed by atoms with Gasteiger partial charge in [0.15, 0.2) is 0 Å². The third kappa shape index (κ3) is 2.38. The number of aromatic nitrogens is 1. The fourth-order valence-electron chi connectivity index (χ4n) is 1.88. The van der Waals surface area contributed by atoms with Crippen LogP contribution in [0.1, 0.15) is 38.1 Å².